The van der Waals surface area contributed by atoms with Crippen molar-refractivity contribution < 1.29 is 18.7 Å². The number of hydrogen-bond acceptors (Lipinski definition) is 5. The van der Waals surface area contributed by atoms with E-state index in [2.05, 4.69) is 15.6 Å². The molecule has 0 saturated carbocycles. The Morgan fingerprint density at radius 2 is 1.83 bits per heavy atom. The fraction of sp³-hybridized carbons (Fsp3) is 0.429. The molecular weight excluding hydrogens is 499 g/mol. The van der Waals surface area contributed by atoms with E-state index < -0.39 is 5.91 Å². The van der Waals surface area contributed by atoms with Gasteiger partial charge in [-0.1, -0.05) is 6.07 Å². The van der Waals surface area contributed by atoms with E-state index in [4.69, 9.17) is 19.6 Å². The maximum atomic E-state index is 11.1. The van der Waals surface area contributed by atoms with Gasteiger partial charge in [-0.2, -0.15) is 0 Å². The molecule has 0 aliphatic carbocycles. The number of furan rings is 1. The predicted octanol–water partition coefficient (Wildman–Crippen LogP) is 3.61. The summed E-state index contributed by atoms with van der Waals surface area (Å²) in [6, 6.07) is 9.10. The summed E-state index contributed by atoms with van der Waals surface area (Å²) in [7, 11) is 0. The van der Waals surface area contributed by atoms with E-state index in [1.807, 2.05) is 45.9 Å². The summed E-state index contributed by atoms with van der Waals surface area (Å²) in [5.74, 6) is 2.16. The summed E-state index contributed by atoms with van der Waals surface area (Å²) in [6.07, 6.45) is 0. The van der Waals surface area contributed by atoms with Gasteiger partial charge in [0.2, 0.25) is 0 Å². The van der Waals surface area contributed by atoms with Crippen molar-refractivity contribution in [3.63, 3.8) is 0 Å². The summed E-state index contributed by atoms with van der Waals surface area (Å²) in [5, 5.41) is 6.57. The van der Waals surface area contributed by atoms with Crippen molar-refractivity contribution >= 4 is 35.8 Å². The maximum absolute atomic E-state index is 11.1. The number of hydrogen-bond donors (Lipinski definition) is 3. The number of nitrogens with zero attached hydrogens (tertiary/aromatic N) is 1. The van der Waals surface area contributed by atoms with Crippen molar-refractivity contribution in [2.24, 2.45) is 10.7 Å². The fourth-order valence-electron chi connectivity index (χ4n) is 2.70. The van der Waals surface area contributed by atoms with Gasteiger partial charge in [-0.3, -0.25) is 4.79 Å². The molecular formula is C21H31IN4O4. The van der Waals surface area contributed by atoms with Gasteiger partial charge in [-0.25, -0.2) is 4.99 Å². The zero-order valence-electron chi connectivity index (χ0n) is 17.9. The standard InChI is InChI=1S/C21H30N4O4.HI/c1-5-23-21(24-13-16-9-11-18(29-16)20(22)26)25-14(4)15-8-10-17(27-6-2)19(12-15)28-7-3;/h8-12,14H,5-7,13H2,1-4H3,(H2,22,26)(H2,23,24,25);1H. The lowest BCUT2D eigenvalue weighted by Crippen LogP contribution is -2.38. The molecule has 166 valence electrons. The molecule has 2 aromatic rings. The van der Waals surface area contributed by atoms with Crippen LogP contribution in [-0.2, 0) is 6.54 Å². The zero-order chi connectivity index (χ0) is 21.2. The molecule has 0 spiro atoms. The van der Waals surface area contributed by atoms with Gasteiger partial charge in [0.25, 0.3) is 5.91 Å². The van der Waals surface area contributed by atoms with Crippen LogP contribution in [0.1, 0.15) is 55.6 Å². The number of amides is 1. The van der Waals surface area contributed by atoms with E-state index in [0.29, 0.717) is 31.5 Å². The van der Waals surface area contributed by atoms with E-state index in [0.717, 1.165) is 17.1 Å². The first-order valence-electron chi connectivity index (χ1n) is 9.81. The molecule has 0 bridgehead atoms. The van der Waals surface area contributed by atoms with Crippen LogP contribution in [0.5, 0.6) is 11.5 Å². The van der Waals surface area contributed by atoms with Gasteiger partial charge in [0.15, 0.2) is 23.2 Å². The van der Waals surface area contributed by atoms with Crippen molar-refractivity contribution in [3.05, 3.63) is 47.4 Å². The molecule has 0 fully saturated rings. The van der Waals surface area contributed by atoms with E-state index in [1.54, 1.807) is 12.1 Å². The molecule has 8 nitrogen and oxygen atoms in total. The summed E-state index contributed by atoms with van der Waals surface area (Å²) < 4.78 is 16.7. The molecule has 0 radical (unpaired) electrons. The van der Waals surface area contributed by atoms with E-state index in [-0.39, 0.29) is 42.3 Å². The quantitative estimate of drug-likeness (QED) is 0.246. The van der Waals surface area contributed by atoms with Crippen LogP contribution in [-0.4, -0.2) is 31.6 Å². The van der Waals surface area contributed by atoms with Crippen LogP contribution in [0.15, 0.2) is 39.7 Å². The van der Waals surface area contributed by atoms with Gasteiger partial charge in [-0.15, -0.1) is 24.0 Å². The molecule has 9 heteroatoms. The molecule has 1 atom stereocenters. The van der Waals surface area contributed by atoms with Gasteiger partial charge in [0.1, 0.15) is 12.3 Å². The van der Waals surface area contributed by atoms with Crippen molar-refractivity contribution in [2.45, 2.75) is 40.3 Å². The minimum Gasteiger partial charge on any atom is -0.490 e. The Labute approximate surface area is 194 Å². The Balaban J connectivity index is 0.00000450. The first-order valence-corrected chi connectivity index (χ1v) is 9.81. The summed E-state index contributed by atoms with van der Waals surface area (Å²) in [5.41, 5.74) is 6.25. The molecule has 0 aliphatic heterocycles. The second-order valence-electron chi connectivity index (χ2n) is 6.26. The molecule has 0 saturated heterocycles. The van der Waals surface area contributed by atoms with Gasteiger partial charge in [0.05, 0.1) is 19.3 Å². The highest BCUT2D eigenvalue weighted by atomic mass is 127. The number of guanidine groups is 1. The maximum Gasteiger partial charge on any atom is 0.284 e. The van der Waals surface area contributed by atoms with E-state index in [9.17, 15) is 4.79 Å². The number of carbonyl (C=O) groups is 1. The molecule has 4 N–H and O–H groups in total. The van der Waals surface area contributed by atoms with Crippen molar-refractivity contribution in [3.8, 4) is 11.5 Å². The normalized spacial score (nSPS) is 11.9. The van der Waals surface area contributed by atoms with Crippen LogP contribution >= 0.6 is 24.0 Å². The fourth-order valence-corrected chi connectivity index (χ4v) is 2.70. The highest BCUT2D eigenvalue weighted by Crippen LogP contribution is 2.30. The molecule has 30 heavy (non-hydrogen) atoms. The SMILES string of the molecule is CCNC(=NCc1ccc(C(N)=O)o1)NC(C)c1ccc(OCC)c(OCC)c1.I. The Bertz CT molecular complexity index is 838. The lowest BCUT2D eigenvalue weighted by Gasteiger charge is -2.20. The number of primary amides is 1. The predicted molar refractivity (Wildman–Crippen MR) is 128 cm³/mol. The van der Waals surface area contributed by atoms with Gasteiger partial charge in [-0.05, 0) is 57.5 Å². The third kappa shape index (κ3) is 7.43. The number of rotatable bonds is 10. The van der Waals surface area contributed by atoms with Crippen LogP contribution < -0.4 is 25.8 Å². The average molecular weight is 530 g/mol. The minimum atomic E-state index is -0.598. The number of benzene rings is 1. The lowest BCUT2D eigenvalue weighted by molar-refractivity contribution is 0.0972. The zero-order valence-corrected chi connectivity index (χ0v) is 20.2. The number of ether oxygens (including phenoxy) is 2. The molecule has 1 amide bonds. The molecule has 1 aromatic heterocycles. The largest absolute Gasteiger partial charge is 0.490 e. The Hall–Kier alpha value is -2.43. The van der Waals surface area contributed by atoms with E-state index in [1.165, 1.54) is 0 Å². The average Bonchev–Trinajstić information content (AvgIpc) is 3.17. The van der Waals surface area contributed by atoms with Crippen molar-refractivity contribution in [1.29, 1.82) is 0 Å². The topological polar surface area (TPSA) is 111 Å². The van der Waals surface area contributed by atoms with E-state index >= 15 is 0 Å². The Morgan fingerprint density at radius 3 is 2.43 bits per heavy atom. The number of nitrogens with two attached hydrogens (primary N) is 1. The first kappa shape index (κ1) is 25.6. The van der Waals surface area contributed by atoms with Crippen LogP contribution in [0.3, 0.4) is 0 Å². The minimum absolute atomic E-state index is 0. The lowest BCUT2D eigenvalue weighted by atomic mass is 10.1. The number of nitrogens with one attached hydrogen (secondary N) is 2. The second-order valence-corrected chi connectivity index (χ2v) is 6.26. The summed E-state index contributed by atoms with van der Waals surface area (Å²) in [6.45, 7) is 10.0. The molecule has 0 aliphatic rings. The Morgan fingerprint density at radius 1 is 1.13 bits per heavy atom. The second kappa shape index (κ2) is 13.0. The monoisotopic (exact) mass is 530 g/mol. The highest BCUT2D eigenvalue weighted by molar-refractivity contribution is 14.0. The van der Waals surface area contributed by atoms with Crippen LogP contribution in [0.2, 0.25) is 0 Å². The van der Waals surface area contributed by atoms with Gasteiger partial charge >= 0.3 is 0 Å². The van der Waals surface area contributed by atoms with Crippen LogP contribution in [0.4, 0.5) is 0 Å². The first-order chi connectivity index (χ1) is 14.0. The van der Waals surface area contributed by atoms with Crippen molar-refractivity contribution in [2.75, 3.05) is 19.8 Å². The summed E-state index contributed by atoms with van der Waals surface area (Å²) in [4.78, 5) is 15.7. The smallest absolute Gasteiger partial charge is 0.284 e. The van der Waals surface area contributed by atoms with Gasteiger partial charge in [0, 0.05) is 6.54 Å². The van der Waals surface area contributed by atoms with Crippen LogP contribution in [0, 0.1) is 0 Å². The molecule has 1 heterocycles. The molecule has 1 aromatic carbocycles. The highest BCUT2D eigenvalue weighted by Gasteiger charge is 2.13. The third-order valence-electron chi connectivity index (χ3n) is 4.06. The van der Waals surface area contributed by atoms with Gasteiger partial charge < -0.3 is 30.3 Å². The number of halogens is 1. The summed E-state index contributed by atoms with van der Waals surface area (Å²) >= 11 is 0. The molecule has 2 rings (SSSR count). The van der Waals surface area contributed by atoms with Crippen molar-refractivity contribution in [1.82, 2.24) is 10.6 Å². The van der Waals surface area contributed by atoms with Crippen LogP contribution in [0.25, 0.3) is 0 Å². The number of carbonyl (C=O) groups excluding carboxylic acids is 1. The molecule has 1 unspecified atom stereocenters. The Kier molecular flexibility index (Phi) is 11.1. The number of aliphatic imine (C=N–C) groups is 1. The third-order valence-corrected chi connectivity index (χ3v) is 4.06.